The van der Waals surface area contributed by atoms with Gasteiger partial charge in [0.15, 0.2) is 0 Å². The van der Waals surface area contributed by atoms with E-state index in [9.17, 15) is 24.0 Å². The van der Waals surface area contributed by atoms with Crippen molar-refractivity contribution in [1.29, 1.82) is 0 Å². The second-order valence-corrected chi connectivity index (χ2v) is 6.39. The maximum atomic E-state index is 12.6. The van der Waals surface area contributed by atoms with Crippen LogP contribution in [0.25, 0.3) is 0 Å². The number of amides is 4. The number of carboxylic acids is 1. The second kappa shape index (κ2) is 11.4. The monoisotopic (exact) mass is 407 g/mol. The van der Waals surface area contributed by atoms with Crippen LogP contribution in [-0.2, 0) is 30.4 Å². The van der Waals surface area contributed by atoms with Crippen LogP contribution in [0.1, 0.15) is 18.9 Å². The molecule has 11 heteroatoms. The number of carbonyl (C=O) groups is 5. The molecule has 0 spiro atoms. The minimum absolute atomic E-state index is 0.0581. The third-order valence-corrected chi connectivity index (χ3v) is 3.79. The summed E-state index contributed by atoms with van der Waals surface area (Å²) in [6.07, 6.45) is -0.542. The highest BCUT2D eigenvalue weighted by molar-refractivity contribution is 5.93. The van der Waals surface area contributed by atoms with E-state index in [1.807, 2.05) is 0 Å². The van der Waals surface area contributed by atoms with E-state index in [1.165, 1.54) is 6.92 Å². The van der Waals surface area contributed by atoms with E-state index in [2.05, 4.69) is 16.0 Å². The molecule has 1 aromatic rings. The maximum Gasteiger partial charge on any atom is 0.326 e. The molecule has 0 radical (unpaired) electrons. The van der Waals surface area contributed by atoms with Crippen LogP contribution in [0.4, 0.5) is 0 Å². The molecule has 0 saturated carbocycles. The van der Waals surface area contributed by atoms with Crippen molar-refractivity contribution in [3.05, 3.63) is 35.9 Å². The molecule has 158 valence electrons. The molecule has 11 nitrogen and oxygen atoms in total. The molecular weight excluding hydrogens is 382 g/mol. The minimum Gasteiger partial charge on any atom is -0.480 e. The Morgan fingerprint density at radius 3 is 2.14 bits per heavy atom. The van der Waals surface area contributed by atoms with Gasteiger partial charge in [-0.2, -0.15) is 0 Å². The van der Waals surface area contributed by atoms with Gasteiger partial charge in [-0.15, -0.1) is 0 Å². The third kappa shape index (κ3) is 8.84. The summed E-state index contributed by atoms with van der Waals surface area (Å²) in [4.78, 5) is 58.5. The fourth-order valence-corrected chi connectivity index (χ4v) is 2.31. The molecule has 8 N–H and O–H groups in total. The summed E-state index contributed by atoms with van der Waals surface area (Å²) >= 11 is 0. The highest BCUT2D eigenvalue weighted by Gasteiger charge is 2.28. The SMILES string of the molecule is CC(N)C(=O)NCC(=O)NC(Cc1ccccc1)C(=O)NC(CC(N)=O)C(=O)O. The normalized spacial score (nSPS) is 13.4. The molecule has 0 aliphatic rings. The molecular formula is C18H25N5O6. The molecule has 0 aromatic heterocycles. The fraction of sp³-hybridized carbons (Fsp3) is 0.389. The Labute approximate surface area is 167 Å². The molecule has 1 rings (SSSR count). The van der Waals surface area contributed by atoms with Gasteiger partial charge in [0.25, 0.3) is 0 Å². The number of hydrogen-bond acceptors (Lipinski definition) is 6. The summed E-state index contributed by atoms with van der Waals surface area (Å²) in [5.74, 6) is -4.37. The van der Waals surface area contributed by atoms with Gasteiger partial charge in [-0.25, -0.2) is 4.79 Å². The number of primary amides is 1. The first-order valence-corrected chi connectivity index (χ1v) is 8.78. The zero-order valence-corrected chi connectivity index (χ0v) is 15.9. The minimum atomic E-state index is -1.53. The Bertz CT molecular complexity index is 752. The predicted molar refractivity (Wildman–Crippen MR) is 102 cm³/mol. The lowest BCUT2D eigenvalue weighted by molar-refractivity contribution is -0.143. The Kier molecular flexibility index (Phi) is 9.26. The third-order valence-electron chi connectivity index (χ3n) is 3.79. The van der Waals surface area contributed by atoms with Crippen molar-refractivity contribution in [2.45, 2.75) is 37.9 Å². The molecule has 29 heavy (non-hydrogen) atoms. The molecule has 0 aliphatic heterocycles. The van der Waals surface area contributed by atoms with Crippen LogP contribution in [0.5, 0.6) is 0 Å². The average Bonchev–Trinajstić information content (AvgIpc) is 2.65. The van der Waals surface area contributed by atoms with Crippen LogP contribution in [0.15, 0.2) is 30.3 Å². The van der Waals surface area contributed by atoms with E-state index in [0.29, 0.717) is 5.56 Å². The number of carbonyl (C=O) groups excluding carboxylic acids is 4. The van der Waals surface area contributed by atoms with Gasteiger partial charge in [-0.3, -0.25) is 19.2 Å². The molecule has 0 bridgehead atoms. The van der Waals surface area contributed by atoms with Gasteiger partial charge in [0.05, 0.1) is 19.0 Å². The van der Waals surface area contributed by atoms with Crippen molar-refractivity contribution in [1.82, 2.24) is 16.0 Å². The molecule has 1 aromatic carbocycles. The van der Waals surface area contributed by atoms with Crippen molar-refractivity contribution in [3.8, 4) is 0 Å². The number of aliphatic carboxylic acids is 1. The quantitative estimate of drug-likeness (QED) is 0.236. The Hall–Kier alpha value is -3.47. The molecule has 0 heterocycles. The predicted octanol–water partition coefficient (Wildman–Crippen LogP) is -2.38. The van der Waals surface area contributed by atoms with E-state index < -0.39 is 60.7 Å². The first kappa shape index (κ1) is 23.6. The molecule has 3 atom stereocenters. The number of nitrogens with two attached hydrogens (primary N) is 2. The summed E-state index contributed by atoms with van der Waals surface area (Å²) in [6.45, 7) is 1.03. The molecule has 4 amide bonds. The van der Waals surface area contributed by atoms with E-state index >= 15 is 0 Å². The van der Waals surface area contributed by atoms with Crippen LogP contribution in [0, 0.1) is 0 Å². The van der Waals surface area contributed by atoms with Gasteiger partial charge in [-0.1, -0.05) is 30.3 Å². The van der Waals surface area contributed by atoms with Crippen molar-refractivity contribution in [3.63, 3.8) is 0 Å². The summed E-state index contributed by atoms with van der Waals surface area (Å²) in [5.41, 5.74) is 11.1. The van der Waals surface area contributed by atoms with Gasteiger partial charge >= 0.3 is 5.97 Å². The lowest BCUT2D eigenvalue weighted by atomic mass is 10.0. The highest BCUT2D eigenvalue weighted by atomic mass is 16.4. The van der Waals surface area contributed by atoms with E-state index in [0.717, 1.165) is 0 Å². The van der Waals surface area contributed by atoms with E-state index in [-0.39, 0.29) is 6.42 Å². The van der Waals surface area contributed by atoms with Crippen molar-refractivity contribution >= 4 is 29.6 Å². The van der Waals surface area contributed by atoms with Gasteiger partial charge in [0.2, 0.25) is 23.6 Å². The molecule has 0 saturated heterocycles. The number of carboxylic acid groups (broad SMARTS) is 1. The van der Waals surface area contributed by atoms with Gasteiger partial charge in [0.1, 0.15) is 12.1 Å². The summed E-state index contributed by atoms with van der Waals surface area (Å²) in [7, 11) is 0. The summed E-state index contributed by atoms with van der Waals surface area (Å²) < 4.78 is 0. The van der Waals surface area contributed by atoms with Crippen LogP contribution in [0.2, 0.25) is 0 Å². The lowest BCUT2D eigenvalue weighted by Gasteiger charge is -2.21. The zero-order chi connectivity index (χ0) is 22.0. The smallest absolute Gasteiger partial charge is 0.326 e. The molecule has 0 fully saturated rings. The van der Waals surface area contributed by atoms with Crippen LogP contribution in [-0.4, -0.2) is 59.4 Å². The average molecular weight is 407 g/mol. The fourth-order valence-electron chi connectivity index (χ4n) is 2.31. The Morgan fingerprint density at radius 2 is 1.62 bits per heavy atom. The molecule has 3 unspecified atom stereocenters. The van der Waals surface area contributed by atoms with Crippen molar-refractivity contribution in [2.75, 3.05) is 6.54 Å². The Morgan fingerprint density at radius 1 is 1.00 bits per heavy atom. The maximum absolute atomic E-state index is 12.6. The number of benzene rings is 1. The first-order valence-electron chi connectivity index (χ1n) is 8.78. The molecule has 0 aliphatic carbocycles. The van der Waals surface area contributed by atoms with Crippen LogP contribution >= 0.6 is 0 Å². The van der Waals surface area contributed by atoms with Gasteiger partial charge < -0.3 is 32.5 Å². The zero-order valence-electron chi connectivity index (χ0n) is 15.9. The number of nitrogens with one attached hydrogen (secondary N) is 3. The highest BCUT2D eigenvalue weighted by Crippen LogP contribution is 2.05. The van der Waals surface area contributed by atoms with Gasteiger partial charge in [0, 0.05) is 6.42 Å². The van der Waals surface area contributed by atoms with Crippen molar-refractivity contribution in [2.24, 2.45) is 11.5 Å². The number of rotatable bonds is 11. The summed E-state index contributed by atoms with van der Waals surface area (Å²) in [6, 6.07) is 5.21. The van der Waals surface area contributed by atoms with Crippen molar-refractivity contribution < 1.29 is 29.1 Å². The van der Waals surface area contributed by atoms with E-state index in [1.54, 1.807) is 30.3 Å². The summed E-state index contributed by atoms with van der Waals surface area (Å²) in [5, 5.41) is 16.1. The van der Waals surface area contributed by atoms with E-state index in [4.69, 9.17) is 16.6 Å². The number of hydrogen-bond donors (Lipinski definition) is 6. The topological polar surface area (TPSA) is 194 Å². The lowest BCUT2D eigenvalue weighted by Crippen LogP contribution is -2.54. The van der Waals surface area contributed by atoms with Crippen LogP contribution < -0.4 is 27.4 Å². The Balaban J connectivity index is 2.87. The second-order valence-electron chi connectivity index (χ2n) is 6.39. The van der Waals surface area contributed by atoms with Crippen LogP contribution in [0.3, 0.4) is 0 Å². The largest absolute Gasteiger partial charge is 0.480 e. The standard InChI is InChI=1S/C18H25N5O6/c1-10(19)16(26)21-9-15(25)22-12(7-11-5-3-2-4-6-11)17(27)23-13(18(28)29)8-14(20)24/h2-6,10,12-13H,7-9,19H2,1H3,(H2,20,24)(H,21,26)(H,22,25)(H,23,27)(H,28,29). The first-order chi connectivity index (χ1) is 13.6. The van der Waals surface area contributed by atoms with Gasteiger partial charge in [-0.05, 0) is 12.5 Å².